The van der Waals surface area contributed by atoms with Crippen molar-refractivity contribution in [3.05, 3.63) is 35.9 Å². The lowest BCUT2D eigenvalue weighted by Gasteiger charge is -2.30. The quantitative estimate of drug-likeness (QED) is 0.853. The van der Waals surface area contributed by atoms with Gasteiger partial charge in [-0.15, -0.1) is 12.4 Å². The molecule has 3 rings (SSSR count). The number of nitrogens with one attached hydrogen (secondary N) is 2. The number of carbonyl (C=O) groups excluding carboxylic acids is 2. The summed E-state index contributed by atoms with van der Waals surface area (Å²) in [6, 6.07) is 9.77. The summed E-state index contributed by atoms with van der Waals surface area (Å²) < 4.78 is 0. The van der Waals surface area contributed by atoms with Gasteiger partial charge >= 0.3 is 0 Å². The van der Waals surface area contributed by atoms with Gasteiger partial charge in [0.2, 0.25) is 11.8 Å². The molecular formula is C16H22ClN3O2. The molecule has 2 fully saturated rings. The number of hydrogen-bond donors (Lipinski definition) is 2. The topological polar surface area (TPSA) is 61.4 Å². The van der Waals surface area contributed by atoms with E-state index in [9.17, 15) is 9.59 Å². The van der Waals surface area contributed by atoms with Gasteiger partial charge in [0.25, 0.3) is 0 Å². The second-order valence-corrected chi connectivity index (χ2v) is 5.77. The van der Waals surface area contributed by atoms with Crippen LogP contribution in [0.3, 0.4) is 0 Å². The summed E-state index contributed by atoms with van der Waals surface area (Å²) in [5, 5.41) is 6.22. The molecule has 1 aromatic carbocycles. The molecule has 1 atom stereocenters. The van der Waals surface area contributed by atoms with E-state index in [1.807, 2.05) is 35.2 Å². The number of halogens is 1. The Morgan fingerprint density at radius 2 is 2.05 bits per heavy atom. The maximum absolute atomic E-state index is 12.2. The van der Waals surface area contributed by atoms with Crippen LogP contribution in [0.25, 0.3) is 0 Å². The first-order chi connectivity index (χ1) is 10.2. The first-order valence-electron chi connectivity index (χ1n) is 7.58. The minimum Gasteiger partial charge on any atom is -0.347 e. The molecule has 0 aromatic heterocycles. The Morgan fingerprint density at radius 3 is 2.59 bits per heavy atom. The molecule has 2 N–H and O–H groups in total. The highest BCUT2D eigenvalue weighted by Gasteiger charge is 2.29. The molecule has 6 heteroatoms. The molecule has 1 aromatic rings. The third-order valence-electron chi connectivity index (χ3n) is 4.25. The van der Waals surface area contributed by atoms with Crippen LogP contribution in [-0.4, -0.2) is 42.9 Å². The standard InChI is InChI=1S/C16H21N3O2.ClH/c20-15-7-4-8-19(15)11-14(12-5-2-1-3-6-12)18-16(21)13-9-17-10-13;/h1-3,5-6,13-14,17H,4,7-11H2,(H,18,21);1H. The largest absolute Gasteiger partial charge is 0.347 e. The number of benzene rings is 1. The highest BCUT2D eigenvalue weighted by Crippen LogP contribution is 2.19. The fourth-order valence-corrected chi connectivity index (χ4v) is 2.80. The van der Waals surface area contributed by atoms with Crippen molar-refractivity contribution in [1.29, 1.82) is 0 Å². The number of nitrogens with zero attached hydrogens (tertiary/aromatic N) is 1. The Hall–Kier alpha value is -1.59. The molecule has 0 radical (unpaired) electrons. The Kier molecular flexibility index (Phi) is 5.80. The van der Waals surface area contributed by atoms with Crippen LogP contribution in [0.5, 0.6) is 0 Å². The molecule has 0 saturated carbocycles. The smallest absolute Gasteiger partial charge is 0.226 e. The molecule has 2 aliphatic heterocycles. The molecule has 5 nitrogen and oxygen atoms in total. The summed E-state index contributed by atoms with van der Waals surface area (Å²) in [4.78, 5) is 25.9. The zero-order valence-corrected chi connectivity index (χ0v) is 13.3. The Morgan fingerprint density at radius 1 is 1.32 bits per heavy atom. The van der Waals surface area contributed by atoms with Crippen molar-refractivity contribution in [1.82, 2.24) is 15.5 Å². The van der Waals surface area contributed by atoms with E-state index in [0.29, 0.717) is 13.0 Å². The fraction of sp³-hybridized carbons (Fsp3) is 0.500. The van der Waals surface area contributed by atoms with Crippen molar-refractivity contribution in [2.75, 3.05) is 26.2 Å². The molecule has 120 valence electrons. The van der Waals surface area contributed by atoms with E-state index >= 15 is 0 Å². The summed E-state index contributed by atoms with van der Waals surface area (Å²) in [5.74, 6) is 0.329. The van der Waals surface area contributed by atoms with Crippen LogP contribution < -0.4 is 10.6 Å². The van der Waals surface area contributed by atoms with E-state index < -0.39 is 0 Å². The van der Waals surface area contributed by atoms with Crippen molar-refractivity contribution in [3.8, 4) is 0 Å². The van der Waals surface area contributed by atoms with E-state index in [0.717, 1.165) is 31.6 Å². The van der Waals surface area contributed by atoms with E-state index in [1.54, 1.807) is 0 Å². The van der Waals surface area contributed by atoms with E-state index in [4.69, 9.17) is 0 Å². The van der Waals surface area contributed by atoms with Crippen LogP contribution in [0.2, 0.25) is 0 Å². The molecule has 2 aliphatic rings. The van der Waals surface area contributed by atoms with Crippen molar-refractivity contribution in [2.24, 2.45) is 5.92 Å². The first-order valence-corrected chi connectivity index (χ1v) is 7.58. The van der Waals surface area contributed by atoms with E-state index in [1.165, 1.54) is 0 Å². The van der Waals surface area contributed by atoms with E-state index in [2.05, 4.69) is 10.6 Å². The Bertz CT molecular complexity index is 519. The summed E-state index contributed by atoms with van der Waals surface area (Å²) in [6.45, 7) is 2.85. The van der Waals surface area contributed by atoms with Gasteiger partial charge in [-0.25, -0.2) is 0 Å². The molecular weight excluding hydrogens is 302 g/mol. The third-order valence-corrected chi connectivity index (χ3v) is 4.25. The maximum Gasteiger partial charge on any atom is 0.226 e. The highest BCUT2D eigenvalue weighted by molar-refractivity contribution is 5.85. The second-order valence-electron chi connectivity index (χ2n) is 5.77. The normalized spacial score (nSPS) is 19.3. The van der Waals surface area contributed by atoms with Gasteiger partial charge in [0.1, 0.15) is 0 Å². The van der Waals surface area contributed by atoms with Crippen molar-refractivity contribution < 1.29 is 9.59 Å². The van der Waals surface area contributed by atoms with Crippen LogP contribution in [0.4, 0.5) is 0 Å². The number of hydrogen-bond acceptors (Lipinski definition) is 3. The minimum absolute atomic E-state index is 0. The first kappa shape index (κ1) is 16.8. The third kappa shape index (κ3) is 3.78. The van der Waals surface area contributed by atoms with Crippen LogP contribution in [0, 0.1) is 5.92 Å². The SMILES string of the molecule is Cl.O=C(NC(CN1CCCC1=O)c1ccccc1)C1CNC1. The molecule has 0 bridgehead atoms. The lowest BCUT2D eigenvalue weighted by atomic mass is 10.0. The summed E-state index contributed by atoms with van der Waals surface area (Å²) in [6.07, 6.45) is 1.54. The summed E-state index contributed by atoms with van der Waals surface area (Å²) >= 11 is 0. The summed E-state index contributed by atoms with van der Waals surface area (Å²) in [7, 11) is 0. The summed E-state index contributed by atoms with van der Waals surface area (Å²) in [5.41, 5.74) is 1.05. The predicted molar refractivity (Wildman–Crippen MR) is 86.7 cm³/mol. The zero-order valence-electron chi connectivity index (χ0n) is 12.5. The zero-order chi connectivity index (χ0) is 14.7. The van der Waals surface area contributed by atoms with Gasteiger partial charge in [-0.1, -0.05) is 30.3 Å². The minimum atomic E-state index is -0.124. The van der Waals surface area contributed by atoms with E-state index in [-0.39, 0.29) is 36.2 Å². The van der Waals surface area contributed by atoms with Gasteiger partial charge in [-0.2, -0.15) is 0 Å². The van der Waals surface area contributed by atoms with Gasteiger partial charge < -0.3 is 15.5 Å². The van der Waals surface area contributed by atoms with Gasteiger partial charge in [0.05, 0.1) is 12.0 Å². The molecule has 0 spiro atoms. The lowest BCUT2D eigenvalue weighted by Crippen LogP contribution is -2.52. The van der Waals surface area contributed by atoms with Crippen LogP contribution in [0.1, 0.15) is 24.4 Å². The molecule has 22 heavy (non-hydrogen) atoms. The average molecular weight is 324 g/mol. The van der Waals surface area contributed by atoms with Crippen molar-refractivity contribution in [3.63, 3.8) is 0 Å². The fourth-order valence-electron chi connectivity index (χ4n) is 2.80. The number of rotatable bonds is 5. The van der Waals surface area contributed by atoms with Crippen LogP contribution in [-0.2, 0) is 9.59 Å². The van der Waals surface area contributed by atoms with Crippen molar-refractivity contribution in [2.45, 2.75) is 18.9 Å². The maximum atomic E-state index is 12.2. The average Bonchev–Trinajstić information content (AvgIpc) is 2.82. The number of likely N-dealkylation sites (tertiary alicyclic amines) is 1. The van der Waals surface area contributed by atoms with Crippen LogP contribution in [0.15, 0.2) is 30.3 Å². The van der Waals surface area contributed by atoms with Gasteiger partial charge in [-0.3, -0.25) is 9.59 Å². The number of amides is 2. The van der Waals surface area contributed by atoms with Gasteiger partial charge in [-0.05, 0) is 12.0 Å². The molecule has 2 heterocycles. The number of carbonyl (C=O) groups is 2. The van der Waals surface area contributed by atoms with Crippen LogP contribution >= 0.6 is 12.4 Å². The monoisotopic (exact) mass is 323 g/mol. The lowest BCUT2D eigenvalue weighted by molar-refractivity contribution is -0.130. The predicted octanol–water partition coefficient (Wildman–Crippen LogP) is 1.11. The highest BCUT2D eigenvalue weighted by atomic mass is 35.5. The van der Waals surface area contributed by atoms with Crippen molar-refractivity contribution >= 4 is 24.2 Å². The second kappa shape index (κ2) is 7.61. The molecule has 2 amide bonds. The Balaban J connectivity index is 0.00000176. The Labute approximate surface area is 136 Å². The van der Waals surface area contributed by atoms with Gasteiger partial charge in [0, 0.05) is 32.6 Å². The molecule has 1 unspecified atom stereocenters. The molecule has 2 saturated heterocycles. The molecule has 0 aliphatic carbocycles. The van der Waals surface area contributed by atoms with Gasteiger partial charge in [0.15, 0.2) is 0 Å².